The Labute approximate surface area is 127 Å². The Morgan fingerprint density at radius 1 is 1.23 bits per heavy atom. The SMILES string of the molecule is CCCCC(CC)CNC(=O)c1cc(F)cc(C(F)(F)F)c1. The fourth-order valence-electron chi connectivity index (χ4n) is 2.17. The molecule has 124 valence electrons. The smallest absolute Gasteiger partial charge is 0.352 e. The van der Waals surface area contributed by atoms with Gasteiger partial charge in [-0.15, -0.1) is 0 Å². The molecule has 1 aromatic carbocycles. The third-order valence-corrected chi connectivity index (χ3v) is 3.58. The molecule has 22 heavy (non-hydrogen) atoms. The molecular formula is C16H21F4NO. The van der Waals surface area contributed by atoms with E-state index in [4.69, 9.17) is 0 Å². The van der Waals surface area contributed by atoms with Crippen molar-refractivity contribution in [3.63, 3.8) is 0 Å². The number of unbranched alkanes of at least 4 members (excludes halogenated alkanes) is 1. The molecular weight excluding hydrogens is 298 g/mol. The first-order valence-corrected chi connectivity index (χ1v) is 7.43. The van der Waals surface area contributed by atoms with Gasteiger partial charge in [-0.3, -0.25) is 4.79 Å². The van der Waals surface area contributed by atoms with Gasteiger partial charge >= 0.3 is 6.18 Å². The molecule has 0 aliphatic carbocycles. The predicted molar refractivity (Wildman–Crippen MR) is 77.0 cm³/mol. The van der Waals surface area contributed by atoms with E-state index in [1.807, 2.05) is 6.92 Å². The maximum absolute atomic E-state index is 13.3. The van der Waals surface area contributed by atoms with Gasteiger partial charge in [-0.2, -0.15) is 13.2 Å². The van der Waals surface area contributed by atoms with Gasteiger partial charge in [-0.1, -0.05) is 33.1 Å². The number of carbonyl (C=O) groups excluding carboxylic acids is 1. The maximum Gasteiger partial charge on any atom is 0.416 e. The number of alkyl halides is 3. The minimum absolute atomic E-state index is 0.277. The van der Waals surface area contributed by atoms with Crippen LogP contribution in [0.3, 0.4) is 0 Å². The molecule has 0 aromatic heterocycles. The van der Waals surface area contributed by atoms with Crippen LogP contribution in [0, 0.1) is 11.7 Å². The van der Waals surface area contributed by atoms with E-state index in [1.165, 1.54) is 0 Å². The van der Waals surface area contributed by atoms with E-state index in [2.05, 4.69) is 12.2 Å². The van der Waals surface area contributed by atoms with E-state index in [0.717, 1.165) is 31.7 Å². The molecule has 2 nitrogen and oxygen atoms in total. The van der Waals surface area contributed by atoms with Crippen molar-refractivity contribution in [3.8, 4) is 0 Å². The molecule has 0 aliphatic heterocycles. The molecule has 0 spiro atoms. The highest BCUT2D eigenvalue weighted by atomic mass is 19.4. The predicted octanol–water partition coefficient (Wildman–Crippen LogP) is 4.79. The largest absolute Gasteiger partial charge is 0.416 e. The van der Waals surface area contributed by atoms with Crippen LogP contribution in [0.25, 0.3) is 0 Å². The highest BCUT2D eigenvalue weighted by molar-refractivity contribution is 5.94. The highest BCUT2D eigenvalue weighted by Gasteiger charge is 2.32. The zero-order chi connectivity index (χ0) is 16.8. The first-order chi connectivity index (χ1) is 10.3. The summed E-state index contributed by atoms with van der Waals surface area (Å²) in [6.45, 7) is 4.44. The van der Waals surface area contributed by atoms with Gasteiger partial charge in [0.05, 0.1) is 5.56 Å². The van der Waals surface area contributed by atoms with Gasteiger partial charge in [0.1, 0.15) is 5.82 Å². The molecule has 1 atom stereocenters. The van der Waals surface area contributed by atoms with Crippen molar-refractivity contribution in [1.82, 2.24) is 5.32 Å². The Kier molecular flexibility index (Phi) is 6.84. The summed E-state index contributed by atoms with van der Waals surface area (Å²) in [5.74, 6) is -1.47. The Hall–Kier alpha value is -1.59. The summed E-state index contributed by atoms with van der Waals surface area (Å²) in [5.41, 5.74) is -1.46. The van der Waals surface area contributed by atoms with Crippen LogP contribution in [-0.2, 0) is 6.18 Å². The van der Waals surface area contributed by atoms with Crippen LogP contribution in [0.15, 0.2) is 18.2 Å². The number of benzene rings is 1. The van der Waals surface area contributed by atoms with Gasteiger partial charge in [0, 0.05) is 12.1 Å². The lowest BCUT2D eigenvalue weighted by atomic mass is 9.99. The molecule has 1 aromatic rings. The van der Waals surface area contributed by atoms with Gasteiger partial charge in [-0.05, 0) is 30.5 Å². The van der Waals surface area contributed by atoms with Crippen molar-refractivity contribution in [2.45, 2.75) is 45.7 Å². The van der Waals surface area contributed by atoms with Crippen molar-refractivity contribution in [2.24, 2.45) is 5.92 Å². The fourth-order valence-corrected chi connectivity index (χ4v) is 2.17. The first-order valence-electron chi connectivity index (χ1n) is 7.43. The van der Waals surface area contributed by atoms with Crippen molar-refractivity contribution in [1.29, 1.82) is 0 Å². The molecule has 1 rings (SSSR count). The highest BCUT2D eigenvalue weighted by Crippen LogP contribution is 2.30. The van der Waals surface area contributed by atoms with Gasteiger partial charge in [0.2, 0.25) is 0 Å². The lowest BCUT2D eigenvalue weighted by molar-refractivity contribution is -0.137. The summed E-state index contributed by atoms with van der Waals surface area (Å²) in [4.78, 5) is 11.9. The third kappa shape index (κ3) is 5.66. The molecule has 1 amide bonds. The van der Waals surface area contributed by atoms with Crippen LogP contribution in [-0.4, -0.2) is 12.5 Å². The van der Waals surface area contributed by atoms with E-state index in [0.29, 0.717) is 18.7 Å². The Balaban J connectivity index is 2.75. The second kappa shape index (κ2) is 8.15. The number of rotatable bonds is 7. The second-order valence-corrected chi connectivity index (χ2v) is 5.35. The maximum atomic E-state index is 13.3. The van der Waals surface area contributed by atoms with Gasteiger partial charge in [0.15, 0.2) is 0 Å². The molecule has 0 saturated carbocycles. The number of carbonyl (C=O) groups is 1. The number of hydrogen-bond donors (Lipinski definition) is 1. The van der Waals surface area contributed by atoms with Crippen LogP contribution in [0.2, 0.25) is 0 Å². The second-order valence-electron chi connectivity index (χ2n) is 5.35. The molecule has 0 heterocycles. The lowest BCUT2D eigenvalue weighted by Gasteiger charge is -2.16. The normalized spacial score (nSPS) is 13.0. The summed E-state index contributed by atoms with van der Waals surface area (Å²) in [6, 6.07) is 1.87. The van der Waals surface area contributed by atoms with E-state index in [9.17, 15) is 22.4 Å². The van der Waals surface area contributed by atoms with E-state index in [1.54, 1.807) is 0 Å². The van der Waals surface area contributed by atoms with Crippen LogP contribution < -0.4 is 5.32 Å². The van der Waals surface area contributed by atoms with E-state index >= 15 is 0 Å². The van der Waals surface area contributed by atoms with Crippen molar-refractivity contribution < 1.29 is 22.4 Å². The number of amides is 1. The molecule has 0 fully saturated rings. The Morgan fingerprint density at radius 2 is 1.91 bits per heavy atom. The molecule has 6 heteroatoms. The fraction of sp³-hybridized carbons (Fsp3) is 0.562. The van der Waals surface area contributed by atoms with Crippen LogP contribution >= 0.6 is 0 Å². The van der Waals surface area contributed by atoms with Gasteiger partial charge < -0.3 is 5.32 Å². The zero-order valence-corrected chi connectivity index (χ0v) is 12.8. The summed E-state index contributed by atoms with van der Waals surface area (Å²) < 4.78 is 51.1. The average Bonchev–Trinajstić information content (AvgIpc) is 2.45. The van der Waals surface area contributed by atoms with E-state index < -0.39 is 23.5 Å². The topological polar surface area (TPSA) is 29.1 Å². The number of halogens is 4. The molecule has 0 aliphatic rings. The zero-order valence-electron chi connectivity index (χ0n) is 12.8. The average molecular weight is 319 g/mol. The summed E-state index contributed by atoms with van der Waals surface area (Å²) in [5, 5.41) is 2.59. The minimum Gasteiger partial charge on any atom is -0.352 e. The summed E-state index contributed by atoms with van der Waals surface area (Å²) in [6.07, 6.45) is -0.776. The minimum atomic E-state index is -4.68. The summed E-state index contributed by atoms with van der Waals surface area (Å²) >= 11 is 0. The number of hydrogen-bond acceptors (Lipinski definition) is 1. The first kappa shape index (κ1) is 18.5. The quantitative estimate of drug-likeness (QED) is 0.719. The summed E-state index contributed by atoms with van der Waals surface area (Å²) in [7, 11) is 0. The number of nitrogens with one attached hydrogen (secondary N) is 1. The molecule has 0 bridgehead atoms. The van der Waals surface area contributed by atoms with Crippen LogP contribution in [0.4, 0.5) is 17.6 Å². The van der Waals surface area contributed by atoms with Gasteiger partial charge in [0.25, 0.3) is 5.91 Å². The third-order valence-electron chi connectivity index (χ3n) is 3.58. The van der Waals surface area contributed by atoms with Crippen LogP contribution in [0.5, 0.6) is 0 Å². The van der Waals surface area contributed by atoms with Crippen molar-refractivity contribution in [3.05, 3.63) is 35.1 Å². The van der Waals surface area contributed by atoms with Crippen molar-refractivity contribution >= 4 is 5.91 Å². The van der Waals surface area contributed by atoms with E-state index in [-0.39, 0.29) is 11.5 Å². The van der Waals surface area contributed by atoms with Gasteiger partial charge in [-0.25, -0.2) is 4.39 Å². The monoisotopic (exact) mass is 319 g/mol. The molecule has 1 N–H and O–H groups in total. The molecule has 0 radical (unpaired) electrons. The Bertz CT molecular complexity index is 499. The lowest BCUT2D eigenvalue weighted by Crippen LogP contribution is -2.29. The molecule has 1 unspecified atom stereocenters. The van der Waals surface area contributed by atoms with Crippen LogP contribution in [0.1, 0.15) is 55.5 Å². The van der Waals surface area contributed by atoms with Crippen molar-refractivity contribution in [2.75, 3.05) is 6.54 Å². The standard InChI is InChI=1S/C16H21F4NO/c1-3-5-6-11(4-2)10-21-15(22)12-7-13(16(18,19)20)9-14(17)8-12/h7-9,11H,3-6,10H2,1-2H3,(H,21,22). The molecule has 0 saturated heterocycles. The Morgan fingerprint density at radius 3 is 2.45 bits per heavy atom.